The van der Waals surface area contributed by atoms with Gasteiger partial charge in [0.05, 0.1) is 0 Å². The van der Waals surface area contributed by atoms with Gasteiger partial charge < -0.3 is 0 Å². The van der Waals surface area contributed by atoms with Crippen LogP contribution in [0.15, 0.2) is 39.7 Å². The van der Waals surface area contributed by atoms with E-state index >= 15 is 0 Å². The molecule has 86 valence electrons. The van der Waals surface area contributed by atoms with E-state index in [0.717, 1.165) is 6.42 Å². The molecule has 0 amide bonds. The second-order valence-corrected chi connectivity index (χ2v) is 5.25. The Morgan fingerprint density at radius 3 is 2.81 bits per heavy atom. The Bertz CT molecular complexity index is 405. The number of thioether (sulfide) groups is 1. The molecule has 0 aliphatic rings. The lowest BCUT2D eigenvalue weighted by atomic mass is 10.1. The minimum Gasteiger partial charge on any atom is -0.130 e. The van der Waals surface area contributed by atoms with Crippen molar-refractivity contribution < 1.29 is 0 Å². The first-order valence-electron chi connectivity index (χ1n) is 5.36. The number of hydrogen-bond donors (Lipinski definition) is 0. The van der Waals surface area contributed by atoms with Crippen LogP contribution < -0.4 is 0 Å². The third-order valence-electron chi connectivity index (χ3n) is 2.36. The maximum Gasteiger partial charge on any atom is 0.0210 e. The van der Waals surface area contributed by atoms with Crippen molar-refractivity contribution in [2.75, 3.05) is 6.26 Å². The largest absolute Gasteiger partial charge is 0.130 e. The first-order valence-corrected chi connectivity index (χ1v) is 7.38. The van der Waals surface area contributed by atoms with Gasteiger partial charge in [0, 0.05) is 9.38 Å². The van der Waals surface area contributed by atoms with Gasteiger partial charge in [0.2, 0.25) is 0 Å². The summed E-state index contributed by atoms with van der Waals surface area (Å²) < 4.78 is 1.17. The van der Waals surface area contributed by atoms with Crippen LogP contribution in [0.4, 0.5) is 0 Å². The van der Waals surface area contributed by atoms with Crippen molar-refractivity contribution in [3.8, 4) is 0 Å². The van der Waals surface area contributed by atoms with Gasteiger partial charge in [-0.25, -0.2) is 0 Å². The molecule has 2 heteroatoms. The van der Waals surface area contributed by atoms with Crippen molar-refractivity contribution in [2.24, 2.45) is 0 Å². The fourth-order valence-corrected chi connectivity index (χ4v) is 2.20. The quantitative estimate of drug-likeness (QED) is 0.668. The maximum atomic E-state index is 3.56. The summed E-state index contributed by atoms with van der Waals surface area (Å²) in [6.45, 7) is 4.29. The van der Waals surface area contributed by atoms with Crippen molar-refractivity contribution in [2.45, 2.75) is 20.3 Å². The highest BCUT2D eigenvalue weighted by atomic mass is 79.9. The predicted octanol–water partition coefficient (Wildman–Crippen LogP) is 5.43. The number of hydrogen-bond acceptors (Lipinski definition) is 1. The van der Waals surface area contributed by atoms with E-state index in [1.807, 2.05) is 0 Å². The zero-order valence-electron chi connectivity index (χ0n) is 9.96. The maximum absolute atomic E-state index is 3.56. The standard InChI is InChI=1S/C14H17BrS/c1-4-5-8-13(16-3)10-12-7-6-9-14(15)11(12)2/h5-10H,4H2,1-3H3/b8-5+,13-10+. The van der Waals surface area contributed by atoms with Gasteiger partial charge in [-0.05, 0) is 42.9 Å². The van der Waals surface area contributed by atoms with E-state index in [-0.39, 0.29) is 0 Å². The first kappa shape index (κ1) is 13.6. The summed E-state index contributed by atoms with van der Waals surface area (Å²) in [5.74, 6) is 0. The van der Waals surface area contributed by atoms with E-state index in [1.54, 1.807) is 11.8 Å². The molecule has 1 aromatic carbocycles. The fourth-order valence-electron chi connectivity index (χ4n) is 1.34. The topological polar surface area (TPSA) is 0 Å². The Balaban J connectivity index is 3.04. The number of rotatable bonds is 4. The van der Waals surface area contributed by atoms with E-state index in [1.165, 1.54) is 20.5 Å². The Kier molecular flexibility index (Phi) is 5.93. The lowest BCUT2D eigenvalue weighted by Crippen LogP contribution is -1.82. The predicted molar refractivity (Wildman–Crippen MR) is 79.8 cm³/mol. The molecule has 1 aromatic rings. The van der Waals surface area contributed by atoms with Gasteiger partial charge in [0.1, 0.15) is 0 Å². The molecule has 0 radical (unpaired) electrons. The average Bonchev–Trinajstić information content (AvgIpc) is 2.30. The third-order valence-corrected chi connectivity index (χ3v) is 3.95. The Morgan fingerprint density at radius 1 is 1.44 bits per heavy atom. The molecule has 0 aliphatic heterocycles. The molecule has 0 unspecified atom stereocenters. The van der Waals surface area contributed by atoms with E-state index < -0.39 is 0 Å². The molecule has 0 nitrogen and oxygen atoms in total. The van der Waals surface area contributed by atoms with Crippen LogP contribution in [0.1, 0.15) is 24.5 Å². The smallest absolute Gasteiger partial charge is 0.0210 e. The molecule has 16 heavy (non-hydrogen) atoms. The average molecular weight is 297 g/mol. The van der Waals surface area contributed by atoms with Crippen molar-refractivity contribution >= 4 is 33.8 Å². The van der Waals surface area contributed by atoms with Crippen LogP contribution in [-0.2, 0) is 0 Å². The summed E-state index contributed by atoms with van der Waals surface area (Å²) in [7, 11) is 0. The van der Waals surface area contributed by atoms with Gasteiger partial charge >= 0.3 is 0 Å². The summed E-state index contributed by atoms with van der Waals surface area (Å²) in [6, 6.07) is 6.30. The highest BCUT2D eigenvalue weighted by Crippen LogP contribution is 2.24. The SMILES string of the molecule is CC/C=C/C(=C\c1cccc(Br)c1C)SC. The first-order chi connectivity index (χ1) is 7.69. The highest BCUT2D eigenvalue weighted by Gasteiger charge is 1.99. The molecule has 0 aliphatic carbocycles. The summed E-state index contributed by atoms with van der Waals surface area (Å²) in [5.41, 5.74) is 2.57. The molecule has 0 saturated carbocycles. The van der Waals surface area contributed by atoms with E-state index in [9.17, 15) is 0 Å². The van der Waals surface area contributed by atoms with E-state index in [0.29, 0.717) is 0 Å². The zero-order chi connectivity index (χ0) is 12.0. The second kappa shape index (κ2) is 6.97. The van der Waals surface area contributed by atoms with Crippen molar-refractivity contribution in [1.29, 1.82) is 0 Å². The Hall–Kier alpha value is -0.470. The van der Waals surface area contributed by atoms with Crippen LogP contribution in [-0.4, -0.2) is 6.26 Å². The summed E-state index contributed by atoms with van der Waals surface area (Å²) >= 11 is 5.33. The van der Waals surface area contributed by atoms with E-state index in [2.05, 4.69) is 72.5 Å². The molecule has 0 N–H and O–H groups in total. The summed E-state index contributed by atoms with van der Waals surface area (Å²) in [6.07, 6.45) is 9.80. The molecule has 0 saturated heterocycles. The molecule has 1 rings (SSSR count). The van der Waals surface area contributed by atoms with Gasteiger partial charge in [0.25, 0.3) is 0 Å². The van der Waals surface area contributed by atoms with Gasteiger partial charge in [-0.3, -0.25) is 0 Å². The molecule has 0 fully saturated rings. The van der Waals surface area contributed by atoms with Crippen LogP contribution in [0.25, 0.3) is 6.08 Å². The van der Waals surface area contributed by atoms with Gasteiger partial charge in [0.15, 0.2) is 0 Å². The number of benzene rings is 1. The number of halogens is 1. The van der Waals surface area contributed by atoms with Crippen LogP contribution in [0, 0.1) is 6.92 Å². The lowest BCUT2D eigenvalue weighted by molar-refractivity contribution is 1.22. The van der Waals surface area contributed by atoms with Gasteiger partial charge in [-0.1, -0.05) is 47.1 Å². The monoisotopic (exact) mass is 296 g/mol. The number of allylic oxidation sites excluding steroid dienone is 2. The molecule has 0 spiro atoms. The van der Waals surface area contributed by atoms with Crippen molar-refractivity contribution in [3.05, 3.63) is 50.9 Å². The Morgan fingerprint density at radius 2 is 2.19 bits per heavy atom. The highest BCUT2D eigenvalue weighted by molar-refractivity contribution is 9.10. The lowest BCUT2D eigenvalue weighted by Gasteiger charge is -2.04. The minimum atomic E-state index is 1.08. The summed E-state index contributed by atoms with van der Waals surface area (Å²) in [4.78, 5) is 1.29. The minimum absolute atomic E-state index is 1.08. The summed E-state index contributed by atoms with van der Waals surface area (Å²) in [5, 5.41) is 0. The zero-order valence-corrected chi connectivity index (χ0v) is 12.4. The normalized spacial score (nSPS) is 12.4. The molecule has 0 atom stereocenters. The van der Waals surface area contributed by atoms with Crippen molar-refractivity contribution in [3.63, 3.8) is 0 Å². The Labute approximate surface area is 111 Å². The van der Waals surface area contributed by atoms with Crippen molar-refractivity contribution in [1.82, 2.24) is 0 Å². The molecule has 0 bridgehead atoms. The third kappa shape index (κ3) is 3.84. The van der Waals surface area contributed by atoms with Gasteiger partial charge in [-0.2, -0.15) is 0 Å². The van der Waals surface area contributed by atoms with E-state index in [4.69, 9.17) is 0 Å². The fraction of sp³-hybridized carbons (Fsp3) is 0.286. The van der Waals surface area contributed by atoms with Crippen LogP contribution in [0.2, 0.25) is 0 Å². The van der Waals surface area contributed by atoms with Crippen LogP contribution in [0.5, 0.6) is 0 Å². The van der Waals surface area contributed by atoms with Gasteiger partial charge in [-0.15, -0.1) is 11.8 Å². The second-order valence-electron chi connectivity index (χ2n) is 3.52. The molecular weight excluding hydrogens is 280 g/mol. The molecule has 0 heterocycles. The van der Waals surface area contributed by atoms with Crippen LogP contribution >= 0.6 is 27.7 Å². The molecule has 0 aromatic heterocycles. The van der Waals surface area contributed by atoms with Crippen LogP contribution in [0.3, 0.4) is 0 Å². The molecular formula is C14H17BrS.